The van der Waals surface area contributed by atoms with E-state index in [1.807, 2.05) is 0 Å². The maximum absolute atomic E-state index is 13.1. The minimum Gasteiger partial charge on any atom is -0.391 e. The summed E-state index contributed by atoms with van der Waals surface area (Å²) in [5.74, 6) is 0. The third-order valence-electron chi connectivity index (χ3n) is 7.90. The summed E-state index contributed by atoms with van der Waals surface area (Å²) in [5, 5.41) is 63.3. The van der Waals surface area contributed by atoms with Gasteiger partial charge >= 0.3 is 0 Å². The molecular weight excluding hydrogens is 580 g/mol. The van der Waals surface area contributed by atoms with Crippen LogP contribution in [0.25, 0.3) is 0 Å². The topological polar surface area (TPSA) is 283 Å². The van der Waals surface area contributed by atoms with E-state index in [9.17, 15) is 39.1 Å². The van der Waals surface area contributed by atoms with Gasteiger partial charge in [0.05, 0.1) is 29.2 Å². The highest BCUT2D eigenvalue weighted by atomic mass is 32.2. The van der Waals surface area contributed by atoms with Crippen LogP contribution in [0, 0.1) is 0 Å². The van der Waals surface area contributed by atoms with E-state index in [0.717, 1.165) is 0 Å². The summed E-state index contributed by atoms with van der Waals surface area (Å²) >= 11 is 0. The third kappa shape index (κ3) is 6.80. The van der Waals surface area contributed by atoms with Gasteiger partial charge in [0.2, 0.25) is 10.0 Å². The molecule has 3 aliphatic rings. The predicted octanol–water partition coefficient (Wildman–Crippen LogP) is -4.86. The molecule has 16 nitrogen and oxygen atoms in total. The van der Waals surface area contributed by atoms with Crippen molar-refractivity contribution in [2.75, 3.05) is 0 Å². The number of nitrogens with one attached hydrogen (secondary N) is 1. The first-order valence-electron chi connectivity index (χ1n) is 13.7. The van der Waals surface area contributed by atoms with Crippen LogP contribution in [0.15, 0.2) is 35.2 Å². The molecule has 2 heterocycles. The van der Waals surface area contributed by atoms with E-state index >= 15 is 0 Å². The van der Waals surface area contributed by atoms with Gasteiger partial charge in [0.1, 0.15) is 48.8 Å². The second-order valence-corrected chi connectivity index (χ2v) is 12.9. The molecule has 13 N–H and O–H groups in total. The minimum atomic E-state index is -4.12. The van der Waals surface area contributed by atoms with Gasteiger partial charge in [-0.15, -0.1) is 0 Å². The molecule has 0 radical (unpaired) electrons. The quantitative estimate of drug-likeness (QED) is 0.124. The Morgan fingerprint density at radius 3 is 2.00 bits per heavy atom. The Morgan fingerprint density at radius 2 is 1.43 bits per heavy atom. The van der Waals surface area contributed by atoms with Crippen molar-refractivity contribution in [2.24, 2.45) is 17.2 Å². The zero-order chi connectivity index (χ0) is 31.1. The first-order valence-corrected chi connectivity index (χ1v) is 15.2. The maximum Gasteiger partial charge on any atom is 0.240 e. The maximum atomic E-state index is 13.1. The lowest BCUT2D eigenvalue weighted by Gasteiger charge is -2.48. The van der Waals surface area contributed by atoms with Crippen molar-refractivity contribution in [3.05, 3.63) is 30.3 Å². The standard InChI is InChI=1S/C25H42N4O12S/c1-9(26)20-18(34)19(35)25(38-20)41-23-15(31)13(29-42(36,37)11-6-4-3-5-7-11)8-12(27)22(23)40-24-14(28)16(32)17(33)21(39-24)10(2)30/h3-7,9-10,12-25,29-35H,8,26-28H2,1-2H3/t9-,10+,12?,13+,14?,15?,16+,17-,18+,19?,20+,21?,22+,23+,24+,25-/m0/s1. The number of rotatable bonds is 9. The van der Waals surface area contributed by atoms with Crippen LogP contribution >= 0.6 is 0 Å². The molecule has 17 heteroatoms. The molecule has 1 aliphatic carbocycles. The molecule has 3 fully saturated rings. The van der Waals surface area contributed by atoms with Crippen molar-refractivity contribution in [1.82, 2.24) is 4.72 Å². The molecule has 1 aromatic carbocycles. The van der Waals surface area contributed by atoms with Crippen LogP contribution in [0.4, 0.5) is 0 Å². The Labute approximate surface area is 243 Å². The second kappa shape index (κ2) is 13.3. The molecule has 0 spiro atoms. The zero-order valence-electron chi connectivity index (χ0n) is 23.1. The van der Waals surface area contributed by atoms with E-state index in [1.54, 1.807) is 13.0 Å². The van der Waals surface area contributed by atoms with Gasteiger partial charge in [-0.25, -0.2) is 13.1 Å². The minimum absolute atomic E-state index is 0.0580. The Hall–Kier alpha value is -1.39. The molecule has 0 aromatic heterocycles. The average molecular weight is 623 g/mol. The van der Waals surface area contributed by atoms with Crippen LogP contribution in [0.1, 0.15) is 20.3 Å². The number of hydrogen-bond acceptors (Lipinski definition) is 15. The van der Waals surface area contributed by atoms with Gasteiger partial charge in [0, 0.05) is 12.1 Å². The molecule has 1 aromatic rings. The van der Waals surface area contributed by atoms with E-state index in [4.69, 9.17) is 36.1 Å². The molecule has 5 unspecified atom stereocenters. The number of ether oxygens (including phenoxy) is 4. The van der Waals surface area contributed by atoms with Crippen molar-refractivity contribution in [2.45, 2.75) is 123 Å². The number of benzene rings is 1. The summed E-state index contributed by atoms with van der Waals surface area (Å²) in [7, 11) is -4.12. The third-order valence-corrected chi connectivity index (χ3v) is 9.41. The Balaban J connectivity index is 1.62. The van der Waals surface area contributed by atoms with Gasteiger partial charge in [-0.1, -0.05) is 18.2 Å². The largest absolute Gasteiger partial charge is 0.391 e. The lowest BCUT2D eigenvalue weighted by Crippen LogP contribution is -2.69. The lowest BCUT2D eigenvalue weighted by atomic mass is 9.84. The summed E-state index contributed by atoms with van der Waals surface area (Å²) in [6, 6.07) is 3.15. The molecule has 240 valence electrons. The fourth-order valence-electron chi connectivity index (χ4n) is 5.51. The van der Waals surface area contributed by atoms with Crippen LogP contribution < -0.4 is 21.9 Å². The molecule has 1 saturated carbocycles. The van der Waals surface area contributed by atoms with Crippen molar-refractivity contribution < 1.29 is 58.0 Å². The molecule has 0 bridgehead atoms. The van der Waals surface area contributed by atoms with E-state index in [0.29, 0.717) is 0 Å². The molecule has 4 rings (SSSR count). The molecule has 16 atom stereocenters. The first-order chi connectivity index (χ1) is 19.6. The first kappa shape index (κ1) is 33.5. The summed E-state index contributed by atoms with van der Waals surface area (Å²) in [6.07, 6.45) is -17.3. The smallest absolute Gasteiger partial charge is 0.240 e. The number of aliphatic hydroxyl groups is 6. The predicted molar refractivity (Wildman–Crippen MR) is 144 cm³/mol. The molecular formula is C25H42N4O12S. The summed E-state index contributed by atoms with van der Waals surface area (Å²) in [5.41, 5.74) is 18.3. The van der Waals surface area contributed by atoms with Crippen LogP contribution in [0.5, 0.6) is 0 Å². The van der Waals surface area contributed by atoms with Gasteiger partial charge in [-0.3, -0.25) is 0 Å². The van der Waals surface area contributed by atoms with E-state index in [1.165, 1.54) is 31.2 Å². The SMILES string of the molecule is C[C@H](N)[C@H]1O[C@@H](O[C@@H]2C(O)[C@H](NS(=O)(=O)c3ccccc3)CC(N)[C@H]2O[C@H]2OC([C@@H](C)O)[C@@H](O)[C@H](O)C2N)C(O)[C@H]1O. The monoisotopic (exact) mass is 622 g/mol. The van der Waals surface area contributed by atoms with Gasteiger partial charge in [0.15, 0.2) is 12.6 Å². The Morgan fingerprint density at radius 1 is 0.857 bits per heavy atom. The van der Waals surface area contributed by atoms with Crippen LogP contribution in [0.3, 0.4) is 0 Å². The number of nitrogens with two attached hydrogens (primary N) is 3. The lowest BCUT2D eigenvalue weighted by molar-refractivity contribution is -0.315. The fourth-order valence-corrected chi connectivity index (χ4v) is 6.80. The highest BCUT2D eigenvalue weighted by Crippen LogP contribution is 2.33. The number of aliphatic hydroxyl groups excluding tert-OH is 6. The van der Waals surface area contributed by atoms with Gasteiger partial charge in [-0.05, 0) is 32.4 Å². The van der Waals surface area contributed by atoms with Crippen molar-refractivity contribution in [1.29, 1.82) is 0 Å². The Bertz CT molecular complexity index is 1130. The van der Waals surface area contributed by atoms with Crippen LogP contribution in [-0.4, -0.2) is 137 Å². The second-order valence-electron chi connectivity index (χ2n) is 11.2. The highest BCUT2D eigenvalue weighted by Gasteiger charge is 2.54. The molecule has 2 saturated heterocycles. The highest BCUT2D eigenvalue weighted by molar-refractivity contribution is 7.89. The average Bonchev–Trinajstić information content (AvgIpc) is 3.22. The zero-order valence-corrected chi connectivity index (χ0v) is 23.9. The van der Waals surface area contributed by atoms with Gasteiger partial charge in [-0.2, -0.15) is 0 Å². The van der Waals surface area contributed by atoms with Crippen LogP contribution in [-0.2, 0) is 29.0 Å². The van der Waals surface area contributed by atoms with E-state index < -0.39 is 108 Å². The van der Waals surface area contributed by atoms with Crippen molar-refractivity contribution in [3.8, 4) is 0 Å². The molecule has 0 amide bonds. The molecule has 2 aliphatic heterocycles. The summed E-state index contributed by atoms with van der Waals surface area (Å²) < 4.78 is 51.8. The summed E-state index contributed by atoms with van der Waals surface area (Å²) in [6.45, 7) is 2.88. The van der Waals surface area contributed by atoms with E-state index in [-0.39, 0.29) is 11.3 Å². The van der Waals surface area contributed by atoms with E-state index in [2.05, 4.69) is 4.72 Å². The van der Waals surface area contributed by atoms with Gasteiger partial charge in [0.25, 0.3) is 0 Å². The summed E-state index contributed by atoms with van der Waals surface area (Å²) in [4.78, 5) is -0.0580. The fraction of sp³-hybridized carbons (Fsp3) is 0.760. The molecule has 42 heavy (non-hydrogen) atoms. The van der Waals surface area contributed by atoms with Crippen LogP contribution in [0.2, 0.25) is 0 Å². The van der Waals surface area contributed by atoms with Crippen molar-refractivity contribution >= 4 is 10.0 Å². The number of hydrogen-bond donors (Lipinski definition) is 10. The van der Waals surface area contributed by atoms with Crippen molar-refractivity contribution in [3.63, 3.8) is 0 Å². The Kier molecular flexibility index (Phi) is 10.6. The number of sulfonamides is 1. The van der Waals surface area contributed by atoms with Gasteiger partial charge < -0.3 is 66.8 Å². The normalized spacial score (nSPS) is 44.5.